The van der Waals surface area contributed by atoms with E-state index in [9.17, 15) is 19.7 Å². The van der Waals surface area contributed by atoms with E-state index in [0.29, 0.717) is 36.6 Å². The number of nitro benzene ring substituents is 1. The van der Waals surface area contributed by atoms with Crippen molar-refractivity contribution in [2.24, 2.45) is 10.9 Å². The van der Waals surface area contributed by atoms with Crippen molar-refractivity contribution in [2.75, 3.05) is 19.7 Å². The normalized spacial score (nSPS) is 16.1. The number of aliphatic imine (C=N–C) groups is 1. The lowest BCUT2D eigenvalue weighted by Crippen LogP contribution is -2.38. The molecule has 0 radical (unpaired) electrons. The van der Waals surface area contributed by atoms with Crippen molar-refractivity contribution >= 4 is 29.4 Å². The number of carbonyl (C=O) groups is 2. The lowest BCUT2D eigenvalue weighted by molar-refractivity contribution is -0.384. The minimum atomic E-state index is -0.961. The average molecular weight is 715 g/mol. The highest BCUT2D eigenvalue weighted by atomic mass is 16.6. The quantitative estimate of drug-likeness (QED) is 0.0687. The molecule has 0 saturated carbocycles. The lowest BCUT2D eigenvalue weighted by atomic mass is 9.75. The number of nitro groups is 1. The largest absolute Gasteiger partial charge is 0.462 e. The average Bonchev–Trinajstić information content (AvgIpc) is 3.12. The van der Waals surface area contributed by atoms with E-state index in [2.05, 4.69) is 70.3 Å². The third-order valence-electron chi connectivity index (χ3n) is 8.98. The van der Waals surface area contributed by atoms with Crippen LogP contribution in [0.5, 0.6) is 0 Å². The highest BCUT2D eigenvalue weighted by Crippen LogP contribution is 2.41. The molecule has 0 N–H and O–H groups in total. The molecule has 0 saturated heterocycles. The first-order chi connectivity index (χ1) is 25.5. The Hall–Kier alpha value is -5.74. The second-order valence-corrected chi connectivity index (χ2v) is 13.6. The molecule has 4 aromatic rings. The van der Waals surface area contributed by atoms with Crippen molar-refractivity contribution in [2.45, 2.75) is 59.6 Å². The molecule has 2 unspecified atom stereocenters. The van der Waals surface area contributed by atoms with Gasteiger partial charge in [0.25, 0.3) is 5.69 Å². The van der Waals surface area contributed by atoms with Gasteiger partial charge in [-0.1, -0.05) is 84.4 Å². The molecule has 0 amide bonds. The number of ether oxygens (including phenoxy) is 2. The van der Waals surface area contributed by atoms with Gasteiger partial charge in [-0.15, -0.1) is 0 Å². The van der Waals surface area contributed by atoms with Gasteiger partial charge >= 0.3 is 11.9 Å². The molecule has 0 aliphatic carbocycles. The summed E-state index contributed by atoms with van der Waals surface area (Å²) >= 11 is 0. The molecule has 2 heterocycles. The predicted molar refractivity (Wildman–Crippen MR) is 206 cm³/mol. The first-order valence-electron chi connectivity index (χ1n) is 17.8. The zero-order valence-corrected chi connectivity index (χ0v) is 30.9. The molecule has 10 heteroatoms. The van der Waals surface area contributed by atoms with Crippen molar-refractivity contribution in [3.63, 3.8) is 0 Å². The molecule has 5 rings (SSSR count). The Balaban J connectivity index is 1.33. The van der Waals surface area contributed by atoms with Crippen LogP contribution in [0.25, 0.3) is 6.08 Å². The molecule has 274 valence electrons. The molecular formula is C43H46N4O6. The van der Waals surface area contributed by atoms with Crippen molar-refractivity contribution in [3.8, 4) is 0 Å². The second kappa shape index (κ2) is 18.1. The zero-order valence-electron chi connectivity index (χ0n) is 30.9. The van der Waals surface area contributed by atoms with Crippen LogP contribution in [-0.4, -0.2) is 58.3 Å². The maximum Gasteiger partial charge on any atom is 0.336 e. The Morgan fingerprint density at radius 2 is 1.68 bits per heavy atom. The van der Waals surface area contributed by atoms with Crippen molar-refractivity contribution < 1.29 is 24.0 Å². The van der Waals surface area contributed by atoms with Gasteiger partial charge in [-0.25, -0.2) is 4.79 Å². The van der Waals surface area contributed by atoms with E-state index in [0.717, 1.165) is 28.7 Å². The first-order valence-corrected chi connectivity index (χ1v) is 17.8. The molecular weight excluding hydrogens is 668 g/mol. The second-order valence-electron chi connectivity index (χ2n) is 13.6. The molecule has 0 bridgehead atoms. The Morgan fingerprint density at radius 1 is 0.943 bits per heavy atom. The van der Waals surface area contributed by atoms with Crippen LogP contribution < -0.4 is 0 Å². The number of rotatable bonds is 15. The Morgan fingerprint density at radius 3 is 2.36 bits per heavy atom. The number of aromatic nitrogens is 1. The Bertz CT molecular complexity index is 1990. The molecule has 2 atom stereocenters. The van der Waals surface area contributed by atoms with E-state index in [-0.39, 0.29) is 17.9 Å². The van der Waals surface area contributed by atoms with Gasteiger partial charge in [0, 0.05) is 61.5 Å². The number of esters is 2. The van der Waals surface area contributed by atoms with Crippen LogP contribution in [0, 0.1) is 16.0 Å². The van der Waals surface area contributed by atoms with Crippen molar-refractivity contribution in [1.82, 2.24) is 9.88 Å². The van der Waals surface area contributed by atoms with Gasteiger partial charge in [-0.2, -0.15) is 0 Å². The Labute approximate surface area is 311 Å². The maximum absolute atomic E-state index is 14.0. The van der Waals surface area contributed by atoms with Gasteiger partial charge in [0.1, 0.15) is 12.5 Å². The molecule has 0 fully saturated rings. The third-order valence-corrected chi connectivity index (χ3v) is 8.98. The van der Waals surface area contributed by atoms with Crippen LogP contribution in [0.3, 0.4) is 0 Å². The summed E-state index contributed by atoms with van der Waals surface area (Å²) in [7, 11) is 0. The van der Waals surface area contributed by atoms with E-state index >= 15 is 0 Å². The van der Waals surface area contributed by atoms with Gasteiger partial charge < -0.3 is 9.47 Å². The first kappa shape index (κ1) is 38.5. The van der Waals surface area contributed by atoms with Crippen LogP contribution >= 0.6 is 0 Å². The van der Waals surface area contributed by atoms with E-state index in [1.54, 1.807) is 46.0 Å². The molecule has 0 spiro atoms. The SMILES string of the molecule is CC(=Cc1ccc(Cc2cccnc2)cc1)CN(CCOC(=O)C1=C(C)N=C(C)C(C(=O)OC(C)C)C1c1cccc([N+](=O)[O-])c1)Cc1ccccc1. The molecule has 1 aliphatic rings. The highest BCUT2D eigenvalue weighted by Gasteiger charge is 2.43. The van der Waals surface area contributed by atoms with E-state index in [1.165, 1.54) is 17.7 Å². The Kier molecular flexibility index (Phi) is 13.2. The summed E-state index contributed by atoms with van der Waals surface area (Å²) < 4.78 is 11.5. The fraction of sp³-hybridized carbons (Fsp3) is 0.302. The van der Waals surface area contributed by atoms with E-state index in [1.807, 2.05) is 30.5 Å². The molecule has 53 heavy (non-hydrogen) atoms. The van der Waals surface area contributed by atoms with Gasteiger partial charge in [-0.05, 0) is 74.9 Å². The number of benzene rings is 3. The zero-order chi connectivity index (χ0) is 37.9. The van der Waals surface area contributed by atoms with Gasteiger partial charge in [0.15, 0.2) is 0 Å². The summed E-state index contributed by atoms with van der Waals surface area (Å²) in [6.07, 6.45) is 6.23. The minimum Gasteiger partial charge on any atom is -0.462 e. The van der Waals surface area contributed by atoms with Crippen molar-refractivity contribution in [1.29, 1.82) is 0 Å². The van der Waals surface area contributed by atoms with Crippen LogP contribution in [0.1, 0.15) is 68.4 Å². The number of hydrogen-bond acceptors (Lipinski definition) is 9. The summed E-state index contributed by atoms with van der Waals surface area (Å²) in [6.45, 7) is 10.7. The molecule has 1 aromatic heterocycles. The van der Waals surface area contributed by atoms with Gasteiger partial charge in [0.2, 0.25) is 0 Å². The molecule has 10 nitrogen and oxygen atoms in total. The fourth-order valence-electron chi connectivity index (χ4n) is 6.66. The molecule has 3 aromatic carbocycles. The number of pyridine rings is 1. The lowest BCUT2D eigenvalue weighted by Gasteiger charge is -2.32. The van der Waals surface area contributed by atoms with Crippen molar-refractivity contribution in [3.05, 3.63) is 158 Å². The number of carbonyl (C=O) groups excluding carboxylic acids is 2. The standard InChI is InChI=1S/C43H46N4O6/c1-29(2)53-43(49)40-32(5)45-31(4)39(41(40)37-14-9-15-38(25-37)47(50)51)42(48)52-22-21-46(28-35-11-7-6-8-12-35)27-30(3)23-33-16-18-34(19-17-33)24-36-13-10-20-44-26-36/h6-20,23,25-26,29,40-41H,21-22,24,27-28H2,1-5H3. The predicted octanol–water partition coefficient (Wildman–Crippen LogP) is 8.13. The maximum atomic E-state index is 14.0. The third kappa shape index (κ3) is 10.6. The number of non-ortho nitro benzene ring substituents is 1. The fourth-order valence-corrected chi connectivity index (χ4v) is 6.66. The summed E-state index contributed by atoms with van der Waals surface area (Å²) in [5.41, 5.74) is 7.04. The smallest absolute Gasteiger partial charge is 0.336 e. The minimum absolute atomic E-state index is 0.0736. The summed E-state index contributed by atoms with van der Waals surface area (Å²) in [6, 6.07) is 28.6. The topological polar surface area (TPSA) is 124 Å². The number of allylic oxidation sites excluding steroid dienone is 1. The number of nitrogens with zero attached hydrogens (tertiary/aromatic N) is 4. The van der Waals surface area contributed by atoms with Crippen LogP contribution in [0.2, 0.25) is 0 Å². The summed E-state index contributed by atoms with van der Waals surface area (Å²) in [4.78, 5) is 49.7. The monoisotopic (exact) mass is 714 g/mol. The van der Waals surface area contributed by atoms with E-state index < -0.39 is 34.8 Å². The number of hydrogen-bond donors (Lipinski definition) is 0. The highest BCUT2D eigenvalue weighted by molar-refractivity contribution is 6.07. The van der Waals surface area contributed by atoms with Gasteiger partial charge in [0.05, 0.1) is 16.6 Å². The molecule has 1 aliphatic heterocycles. The van der Waals surface area contributed by atoms with Crippen LogP contribution in [-0.2, 0) is 32.0 Å². The van der Waals surface area contributed by atoms with E-state index in [4.69, 9.17) is 9.47 Å². The van der Waals surface area contributed by atoms with Crippen LogP contribution in [0.15, 0.2) is 125 Å². The summed E-state index contributed by atoms with van der Waals surface area (Å²) in [5, 5.41) is 11.7. The van der Waals surface area contributed by atoms with Gasteiger partial charge in [-0.3, -0.25) is 29.8 Å². The summed E-state index contributed by atoms with van der Waals surface area (Å²) in [5.74, 6) is -3.03. The van der Waals surface area contributed by atoms with Crippen LogP contribution in [0.4, 0.5) is 5.69 Å².